The molecule has 0 aromatic carbocycles. The van der Waals surface area contributed by atoms with Crippen molar-refractivity contribution < 1.29 is 0 Å². The van der Waals surface area contributed by atoms with Crippen LogP contribution in [0.3, 0.4) is 0 Å². The van der Waals surface area contributed by atoms with Gasteiger partial charge < -0.3 is 0 Å². The summed E-state index contributed by atoms with van der Waals surface area (Å²) in [6.07, 6.45) is 18.6. The zero-order valence-electron chi connectivity index (χ0n) is 7.37. The van der Waals surface area contributed by atoms with Crippen LogP contribution in [0.1, 0.15) is 0 Å². The first-order chi connectivity index (χ1) is 6.75. The van der Waals surface area contributed by atoms with Gasteiger partial charge in [-0.1, -0.05) is 0 Å². The zero-order chi connectivity index (χ0) is 9.41. The van der Waals surface area contributed by atoms with E-state index in [1.807, 2.05) is 0 Å². The summed E-state index contributed by atoms with van der Waals surface area (Å²) in [5.41, 5.74) is 0. The van der Waals surface area contributed by atoms with Crippen molar-refractivity contribution in [2.24, 2.45) is 0 Å². The molecule has 0 atom stereocenters. The number of allylic oxidation sites excluding steroid dienone is 12. The summed E-state index contributed by atoms with van der Waals surface area (Å²) >= 11 is 0.162. The van der Waals surface area contributed by atoms with Gasteiger partial charge in [-0.2, -0.15) is 0 Å². The predicted octanol–water partition coefficient (Wildman–Crippen LogP) is 4.62. The Kier molecular flexibility index (Phi) is 1.18. The fourth-order valence-corrected chi connectivity index (χ4v) is 21.0. The second kappa shape index (κ2) is 2.04. The minimum atomic E-state index is -2.64. The Hall–Kier alpha value is -0.1000. The Morgan fingerprint density at radius 2 is 0.929 bits per heavy atom. The molecule has 0 aliphatic carbocycles. The van der Waals surface area contributed by atoms with Crippen molar-refractivity contribution in [1.29, 1.82) is 0 Å². The summed E-state index contributed by atoms with van der Waals surface area (Å²) in [5, 5.41) is 0. The van der Waals surface area contributed by atoms with Gasteiger partial charge in [0.2, 0.25) is 0 Å². The molecule has 0 aromatic heterocycles. The summed E-state index contributed by atoms with van der Waals surface area (Å²) in [4.78, 5) is 0. The molecule has 0 saturated carbocycles. The predicted molar refractivity (Wildman–Crippen MR) is 78.7 cm³/mol. The van der Waals surface area contributed by atoms with Crippen LogP contribution in [0.4, 0.5) is 0 Å². The summed E-state index contributed by atoms with van der Waals surface area (Å²) in [7, 11) is 0. The third kappa shape index (κ3) is 0.525. The quantitative estimate of drug-likeness (QED) is 0.516. The molecule has 4 aliphatic heterocycles. The van der Waals surface area contributed by atoms with Crippen LogP contribution in [-0.2, 0) is 0 Å². The molecule has 0 N–H and O–H groups in total. The Balaban J connectivity index is 2.21. The van der Waals surface area contributed by atoms with Gasteiger partial charge >= 0.3 is 94.6 Å². The van der Waals surface area contributed by atoms with Crippen molar-refractivity contribution in [3.8, 4) is 0 Å². The van der Waals surface area contributed by atoms with E-state index in [2.05, 4.69) is 67.2 Å². The average molecular weight is 406 g/mol. The maximum absolute atomic E-state index is 2.81. The van der Waals surface area contributed by atoms with E-state index >= 15 is 0 Å². The van der Waals surface area contributed by atoms with Crippen LogP contribution in [0.25, 0.3) is 0 Å². The van der Waals surface area contributed by atoms with E-state index in [4.69, 9.17) is 0 Å². The van der Waals surface area contributed by atoms with Gasteiger partial charge in [-0.15, -0.1) is 0 Å². The Morgan fingerprint density at radius 1 is 0.643 bits per heavy atom. The Bertz CT molecular complexity index is 464. The molecule has 0 fully saturated rings. The van der Waals surface area contributed by atoms with Gasteiger partial charge in [-0.25, -0.2) is 0 Å². The molecule has 4 bridgehead atoms. The van der Waals surface area contributed by atoms with E-state index < -0.39 is 13.1 Å². The van der Waals surface area contributed by atoms with Crippen molar-refractivity contribution in [3.05, 3.63) is 62.9 Å². The SMILES string of the molecule is II12(C3=CC=C1C=C3)C1=CC=C2C=C1. The second-order valence-corrected chi connectivity index (χ2v) is 24.5. The van der Waals surface area contributed by atoms with Crippen LogP contribution >= 0.6 is 31.7 Å². The molecule has 0 radical (unpaired) electrons. The minimum absolute atomic E-state index is 1.60. The van der Waals surface area contributed by atoms with Crippen molar-refractivity contribution in [2.75, 3.05) is 0 Å². The molecule has 70 valence electrons. The van der Waals surface area contributed by atoms with Crippen molar-refractivity contribution in [2.45, 2.75) is 0 Å². The standard InChI is InChI=1S/C12H8I2/c13-14(9-1-2-10(14)4-3-9)11-5-6-12(14)8-7-11/h1-8H. The average Bonchev–Trinajstić information content (AvgIpc) is 2.89. The number of hydrogen-bond donors (Lipinski definition) is 0. The molecule has 4 rings (SSSR count). The molecule has 4 aliphatic rings. The van der Waals surface area contributed by atoms with E-state index in [1.165, 1.54) is 0 Å². The summed E-state index contributed by atoms with van der Waals surface area (Å²) in [6, 6.07) is 0. The van der Waals surface area contributed by atoms with Gasteiger partial charge in [0.1, 0.15) is 0 Å². The third-order valence-corrected chi connectivity index (χ3v) is 28.1. The first-order valence-electron chi connectivity index (χ1n) is 4.54. The molecular formula is C12H8I2. The van der Waals surface area contributed by atoms with E-state index in [0.717, 1.165) is 0 Å². The molecule has 4 heterocycles. The normalized spacial score (nSPS) is 33.9. The van der Waals surface area contributed by atoms with Gasteiger partial charge in [-0.05, 0) is 0 Å². The second-order valence-electron chi connectivity index (χ2n) is 3.73. The third-order valence-electron chi connectivity index (χ3n) is 3.25. The first-order valence-corrected chi connectivity index (χ1v) is 15.1. The summed E-state index contributed by atoms with van der Waals surface area (Å²) in [5.74, 6) is 0. The van der Waals surface area contributed by atoms with Gasteiger partial charge in [0.15, 0.2) is 0 Å². The monoisotopic (exact) mass is 406 g/mol. The van der Waals surface area contributed by atoms with E-state index in [9.17, 15) is 0 Å². The van der Waals surface area contributed by atoms with Gasteiger partial charge in [-0.3, -0.25) is 0 Å². The fourth-order valence-electron chi connectivity index (χ4n) is 2.56. The van der Waals surface area contributed by atoms with Gasteiger partial charge in [0.25, 0.3) is 0 Å². The molecule has 14 heavy (non-hydrogen) atoms. The number of halogens is 2. The molecule has 1 spiro atoms. The van der Waals surface area contributed by atoms with Crippen LogP contribution in [0, 0.1) is 0 Å². The fraction of sp³-hybridized carbons (Fsp3) is 0. The number of rotatable bonds is 0. The van der Waals surface area contributed by atoms with Crippen molar-refractivity contribution >= 4 is 31.7 Å². The zero-order valence-corrected chi connectivity index (χ0v) is 11.7. The van der Waals surface area contributed by atoms with Crippen LogP contribution < -0.4 is 0 Å². The summed E-state index contributed by atoms with van der Waals surface area (Å²) < 4.78 is 6.41. The molecule has 0 aromatic rings. The molecule has 0 unspecified atom stereocenters. The Morgan fingerprint density at radius 3 is 1.14 bits per heavy atom. The van der Waals surface area contributed by atoms with Gasteiger partial charge in [0.05, 0.1) is 0 Å². The molecule has 0 amide bonds. The molecule has 2 heteroatoms. The van der Waals surface area contributed by atoms with Crippen molar-refractivity contribution in [3.63, 3.8) is 0 Å². The maximum atomic E-state index is 2.81. The van der Waals surface area contributed by atoms with Crippen LogP contribution in [0.2, 0.25) is 0 Å². The van der Waals surface area contributed by atoms with Gasteiger partial charge in [0, 0.05) is 0 Å². The first kappa shape index (κ1) is 8.10. The van der Waals surface area contributed by atoms with E-state index in [0.29, 0.717) is 0 Å². The molecular weight excluding hydrogens is 398 g/mol. The molecule has 0 saturated heterocycles. The van der Waals surface area contributed by atoms with Crippen LogP contribution in [0.15, 0.2) is 62.9 Å². The van der Waals surface area contributed by atoms with Crippen LogP contribution in [0.5, 0.6) is 0 Å². The molecule has 0 nitrogen and oxygen atoms in total. The van der Waals surface area contributed by atoms with Crippen molar-refractivity contribution in [1.82, 2.24) is 0 Å². The summed E-state index contributed by atoms with van der Waals surface area (Å²) in [6.45, 7) is 0. The van der Waals surface area contributed by atoms with E-state index in [1.54, 1.807) is 14.3 Å². The van der Waals surface area contributed by atoms with E-state index in [-0.39, 0.29) is 0 Å². The topological polar surface area (TPSA) is 0 Å². The Labute approximate surface area is 93.6 Å². The number of hydrogen-bond acceptors (Lipinski definition) is 0. The van der Waals surface area contributed by atoms with Crippen LogP contribution in [-0.4, -0.2) is 0 Å².